The second-order valence-electron chi connectivity index (χ2n) is 4.84. The van der Waals surface area contributed by atoms with Gasteiger partial charge in [-0.25, -0.2) is 8.42 Å². The number of Topliss-reactive ketones (excluding diaryl/α,β-unsaturated/α-hetero) is 1. The molecule has 0 aromatic heterocycles. The highest BCUT2D eigenvalue weighted by molar-refractivity contribution is 8.14. The van der Waals surface area contributed by atoms with E-state index < -0.39 is 10.0 Å². The largest absolute Gasteiger partial charge is 0.293 e. The van der Waals surface area contributed by atoms with Crippen molar-refractivity contribution in [1.82, 2.24) is 0 Å². The highest BCUT2D eigenvalue weighted by Gasteiger charge is 2.15. The number of hydrogen-bond donors (Lipinski definition) is 1. The molecule has 8 heteroatoms. The van der Waals surface area contributed by atoms with Crippen molar-refractivity contribution >= 4 is 50.0 Å². The Hall–Kier alpha value is -1.83. The van der Waals surface area contributed by atoms with Crippen LogP contribution in [0, 0.1) is 0 Å². The van der Waals surface area contributed by atoms with Crippen LogP contribution >= 0.6 is 23.4 Å². The molecule has 0 unspecified atom stereocenters. The van der Waals surface area contributed by atoms with Crippen LogP contribution in [-0.2, 0) is 14.8 Å². The molecule has 0 saturated carbocycles. The quantitative estimate of drug-likeness (QED) is 0.771. The third-order valence-corrected chi connectivity index (χ3v) is 5.45. The summed E-state index contributed by atoms with van der Waals surface area (Å²) in [4.78, 5) is 22.8. The minimum Gasteiger partial charge on any atom is -0.293 e. The van der Waals surface area contributed by atoms with Gasteiger partial charge in [0.05, 0.1) is 10.6 Å². The minimum atomic E-state index is -3.76. The summed E-state index contributed by atoms with van der Waals surface area (Å²) in [5.74, 6) is -0.199. The number of sulfonamides is 1. The van der Waals surface area contributed by atoms with Gasteiger partial charge in [0.15, 0.2) is 10.9 Å². The lowest BCUT2D eigenvalue weighted by atomic mass is 10.1. The molecule has 0 aliphatic carbocycles. The molecular formula is C16H14ClNO4S2. The number of thioether (sulfide) groups is 1. The Balaban J connectivity index is 2.12. The van der Waals surface area contributed by atoms with Crippen LogP contribution in [0.4, 0.5) is 5.69 Å². The molecule has 0 heterocycles. The molecule has 2 rings (SSSR count). The Bertz CT molecular complexity index is 847. The van der Waals surface area contributed by atoms with Gasteiger partial charge in [-0.2, -0.15) is 0 Å². The van der Waals surface area contributed by atoms with Gasteiger partial charge in [0.2, 0.25) is 0 Å². The Morgan fingerprint density at radius 2 is 1.62 bits per heavy atom. The molecule has 126 valence electrons. The number of carbonyl (C=O) groups is 2. The van der Waals surface area contributed by atoms with Crippen molar-refractivity contribution in [2.24, 2.45) is 0 Å². The second kappa shape index (κ2) is 7.83. The van der Waals surface area contributed by atoms with Crippen LogP contribution in [0.5, 0.6) is 0 Å². The minimum absolute atomic E-state index is 0.0322. The van der Waals surface area contributed by atoms with Gasteiger partial charge in [-0.05, 0) is 36.4 Å². The molecular weight excluding hydrogens is 370 g/mol. The lowest BCUT2D eigenvalue weighted by molar-refractivity contribution is -0.109. The normalized spacial score (nSPS) is 11.1. The summed E-state index contributed by atoms with van der Waals surface area (Å²) in [6.45, 7) is 1.38. The summed E-state index contributed by atoms with van der Waals surface area (Å²) >= 11 is 6.68. The van der Waals surface area contributed by atoms with Crippen molar-refractivity contribution in [2.45, 2.75) is 11.8 Å². The molecule has 0 atom stereocenters. The van der Waals surface area contributed by atoms with Gasteiger partial charge in [-0.3, -0.25) is 14.3 Å². The molecule has 24 heavy (non-hydrogen) atoms. The van der Waals surface area contributed by atoms with Crippen molar-refractivity contribution in [3.8, 4) is 0 Å². The first-order valence-corrected chi connectivity index (χ1v) is 9.67. The highest BCUT2D eigenvalue weighted by Crippen LogP contribution is 2.19. The Kier molecular flexibility index (Phi) is 6.04. The average Bonchev–Trinajstić information content (AvgIpc) is 2.54. The zero-order valence-electron chi connectivity index (χ0n) is 12.7. The summed E-state index contributed by atoms with van der Waals surface area (Å²) in [5, 5.41) is 0.360. The van der Waals surface area contributed by atoms with Gasteiger partial charge < -0.3 is 0 Å². The van der Waals surface area contributed by atoms with Crippen LogP contribution in [0.15, 0.2) is 53.4 Å². The third-order valence-electron chi connectivity index (χ3n) is 2.99. The number of nitrogens with one attached hydrogen (secondary N) is 1. The van der Waals surface area contributed by atoms with E-state index in [1.54, 1.807) is 24.3 Å². The van der Waals surface area contributed by atoms with Crippen molar-refractivity contribution in [2.75, 3.05) is 10.5 Å². The zero-order chi connectivity index (χ0) is 17.7. The molecule has 2 aromatic rings. The highest BCUT2D eigenvalue weighted by atomic mass is 35.5. The summed E-state index contributed by atoms with van der Waals surface area (Å²) in [6, 6.07) is 11.8. The predicted octanol–water partition coefficient (Wildman–Crippen LogP) is 3.60. The number of benzene rings is 2. The molecule has 0 amide bonds. The molecule has 5 nitrogen and oxygen atoms in total. The number of hydrogen-bond acceptors (Lipinski definition) is 5. The SMILES string of the molecule is CC(=O)SCC(=O)c1ccc(S(=O)(=O)Nc2ccc(Cl)cc2)cc1. The van der Waals surface area contributed by atoms with Crippen LogP contribution in [-0.4, -0.2) is 25.1 Å². The van der Waals surface area contributed by atoms with E-state index in [2.05, 4.69) is 4.72 Å². The maximum Gasteiger partial charge on any atom is 0.261 e. The van der Waals surface area contributed by atoms with Crippen molar-refractivity contribution < 1.29 is 18.0 Å². The van der Waals surface area contributed by atoms with Crippen LogP contribution in [0.25, 0.3) is 0 Å². The fourth-order valence-corrected chi connectivity index (χ4v) is 3.49. The molecule has 0 fully saturated rings. The van der Waals surface area contributed by atoms with Crippen molar-refractivity contribution in [3.63, 3.8) is 0 Å². The molecule has 0 aliphatic rings. The van der Waals surface area contributed by atoms with E-state index in [1.165, 1.54) is 31.2 Å². The van der Waals surface area contributed by atoms with Gasteiger partial charge >= 0.3 is 0 Å². The number of halogens is 1. The van der Waals surface area contributed by atoms with Gasteiger partial charge in [0, 0.05) is 23.2 Å². The average molecular weight is 384 g/mol. The topological polar surface area (TPSA) is 80.3 Å². The fourth-order valence-electron chi connectivity index (χ4n) is 1.80. The van der Waals surface area contributed by atoms with E-state index in [1.807, 2.05) is 0 Å². The van der Waals surface area contributed by atoms with Crippen LogP contribution in [0.1, 0.15) is 17.3 Å². The smallest absolute Gasteiger partial charge is 0.261 e. The molecule has 0 spiro atoms. The maximum absolute atomic E-state index is 12.3. The van der Waals surface area contributed by atoms with Gasteiger partial charge in [-0.15, -0.1) is 0 Å². The number of ketones is 1. The van der Waals surface area contributed by atoms with Gasteiger partial charge in [0.25, 0.3) is 10.0 Å². The monoisotopic (exact) mass is 383 g/mol. The van der Waals surface area contributed by atoms with E-state index in [9.17, 15) is 18.0 Å². The predicted molar refractivity (Wildman–Crippen MR) is 96.2 cm³/mol. The summed E-state index contributed by atoms with van der Waals surface area (Å²) in [6.07, 6.45) is 0. The fraction of sp³-hybridized carbons (Fsp3) is 0.125. The number of carbonyl (C=O) groups excluding carboxylic acids is 2. The van der Waals surface area contributed by atoms with Crippen molar-refractivity contribution in [3.05, 3.63) is 59.1 Å². The summed E-state index contributed by atoms with van der Waals surface area (Å²) < 4.78 is 27.0. The number of anilines is 1. The first-order valence-electron chi connectivity index (χ1n) is 6.83. The van der Waals surface area contributed by atoms with Crippen LogP contribution < -0.4 is 4.72 Å². The zero-order valence-corrected chi connectivity index (χ0v) is 15.0. The van der Waals surface area contributed by atoms with Crippen LogP contribution in [0.3, 0.4) is 0 Å². The first-order chi connectivity index (χ1) is 11.3. The summed E-state index contributed by atoms with van der Waals surface area (Å²) in [7, 11) is -3.76. The number of rotatable bonds is 6. The first kappa shape index (κ1) is 18.5. The Morgan fingerprint density at radius 1 is 1.04 bits per heavy atom. The molecule has 1 N–H and O–H groups in total. The van der Waals surface area contributed by atoms with Gasteiger partial charge in [0.1, 0.15) is 0 Å². The van der Waals surface area contributed by atoms with E-state index in [0.717, 1.165) is 11.8 Å². The third kappa shape index (κ3) is 5.09. The molecule has 2 aromatic carbocycles. The molecule has 0 saturated heterocycles. The van der Waals surface area contributed by atoms with E-state index >= 15 is 0 Å². The second-order valence-corrected chi connectivity index (χ2v) is 8.11. The Morgan fingerprint density at radius 3 is 2.17 bits per heavy atom. The van der Waals surface area contributed by atoms with Crippen molar-refractivity contribution in [1.29, 1.82) is 0 Å². The molecule has 0 bridgehead atoms. The summed E-state index contributed by atoms with van der Waals surface area (Å²) in [5.41, 5.74) is 0.742. The lowest BCUT2D eigenvalue weighted by Crippen LogP contribution is -2.13. The molecule has 0 aliphatic heterocycles. The lowest BCUT2D eigenvalue weighted by Gasteiger charge is -2.08. The maximum atomic E-state index is 12.3. The van der Waals surface area contributed by atoms with E-state index in [-0.39, 0.29) is 21.5 Å². The van der Waals surface area contributed by atoms with Crippen LogP contribution in [0.2, 0.25) is 5.02 Å². The Labute approximate surface area is 149 Å². The van der Waals surface area contributed by atoms with E-state index in [4.69, 9.17) is 11.6 Å². The molecule has 0 radical (unpaired) electrons. The standard InChI is InChI=1S/C16H14ClNO4S2/c1-11(19)23-10-16(20)12-2-8-15(9-3-12)24(21,22)18-14-6-4-13(17)5-7-14/h2-9,18H,10H2,1H3. The van der Waals surface area contributed by atoms with Gasteiger partial charge in [-0.1, -0.05) is 35.5 Å². The van der Waals surface area contributed by atoms with E-state index in [0.29, 0.717) is 16.3 Å².